The molecule has 1 unspecified atom stereocenters. The molecule has 0 spiro atoms. The SMILES string of the molecule is C=CCOC(=O)c1sc(N2C(=O)c3oc4cc(C)c(C)cc4c(=O)c3C2c2ccc(O)c(OC)c2)nc1C. The molecule has 1 aliphatic heterocycles. The molecular formula is C28H24N2O7S. The number of aromatic hydroxyl groups is 1. The van der Waals surface area contributed by atoms with Crippen LogP contribution in [0.2, 0.25) is 0 Å². The Labute approximate surface area is 221 Å². The number of esters is 1. The first-order valence-electron chi connectivity index (χ1n) is 11.7. The number of methoxy groups -OCH3 is 1. The van der Waals surface area contributed by atoms with Crippen LogP contribution in [0.15, 0.2) is 52.2 Å². The van der Waals surface area contributed by atoms with E-state index in [1.165, 1.54) is 24.2 Å². The number of anilines is 1. The van der Waals surface area contributed by atoms with Crippen LogP contribution in [0.4, 0.5) is 5.13 Å². The molecule has 1 amide bonds. The van der Waals surface area contributed by atoms with E-state index in [0.29, 0.717) is 22.2 Å². The van der Waals surface area contributed by atoms with E-state index in [1.54, 1.807) is 31.2 Å². The van der Waals surface area contributed by atoms with Gasteiger partial charge in [0.15, 0.2) is 22.1 Å². The first-order chi connectivity index (χ1) is 18.2. The number of hydrogen-bond acceptors (Lipinski definition) is 9. The van der Waals surface area contributed by atoms with Gasteiger partial charge >= 0.3 is 5.97 Å². The highest BCUT2D eigenvalue weighted by molar-refractivity contribution is 7.17. The molecule has 10 heteroatoms. The third-order valence-corrected chi connectivity index (χ3v) is 7.65. The third kappa shape index (κ3) is 3.93. The van der Waals surface area contributed by atoms with E-state index >= 15 is 0 Å². The van der Waals surface area contributed by atoms with Crippen LogP contribution >= 0.6 is 11.3 Å². The fourth-order valence-corrected chi connectivity index (χ4v) is 5.47. The molecule has 38 heavy (non-hydrogen) atoms. The molecule has 2 aromatic carbocycles. The predicted octanol–water partition coefficient (Wildman–Crippen LogP) is 4.98. The average molecular weight is 533 g/mol. The number of thiazole rings is 1. The molecule has 5 rings (SSSR count). The molecule has 0 saturated carbocycles. The average Bonchev–Trinajstić information content (AvgIpc) is 3.41. The Hall–Kier alpha value is -4.44. The van der Waals surface area contributed by atoms with Gasteiger partial charge in [-0.05, 0) is 61.7 Å². The quantitative estimate of drug-likeness (QED) is 0.273. The summed E-state index contributed by atoms with van der Waals surface area (Å²) in [5.74, 6) is -1.20. The van der Waals surface area contributed by atoms with Crippen LogP contribution in [0.3, 0.4) is 0 Å². The van der Waals surface area contributed by atoms with Crippen LogP contribution < -0.4 is 15.1 Å². The van der Waals surface area contributed by atoms with E-state index in [-0.39, 0.29) is 44.9 Å². The zero-order valence-corrected chi connectivity index (χ0v) is 22.0. The Balaban J connectivity index is 1.76. The first-order valence-corrected chi connectivity index (χ1v) is 12.5. The van der Waals surface area contributed by atoms with Crippen LogP contribution in [0.5, 0.6) is 11.5 Å². The number of aromatic nitrogens is 1. The first kappa shape index (κ1) is 25.2. The second-order valence-electron chi connectivity index (χ2n) is 8.91. The summed E-state index contributed by atoms with van der Waals surface area (Å²) in [6.45, 7) is 9.00. The van der Waals surface area contributed by atoms with Gasteiger partial charge < -0.3 is 19.0 Å². The summed E-state index contributed by atoms with van der Waals surface area (Å²) < 4.78 is 16.5. The van der Waals surface area contributed by atoms with Crippen molar-refractivity contribution in [3.63, 3.8) is 0 Å². The zero-order chi connectivity index (χ0) is 27.3. The van der Waals surface area contributed by atoms with E-state index in [1.807, 2.05) is 13.8 Å². The number of phenolic OH excluding ortho intramolecular Hbond substituents is 1. The smallest absolute Gasteiger partial charge is 0.350 e. The Morgan fingerprint density at radius 3 is 2.66 bits per heavy atom. The van der Waals surface area contributed by atoms with Gasteiger partial charge in [0, 0.05) is 0 Å². The Morgan fingerprint density at radius 2 is 1.95 bits per heavy atom. The minimum Gasteiger partial charge on any atom is -0.504 e. The highest BCUT2D eigenvalue weighted by Gasteiger charge is 2.45. The molecule has 2 aromatic heterocycles. The highest BCUT2D eigenvalue weighted by atomic mass is 32.1. The number of fused-ring (bicyclic) bond motifs is 2. The molecule has 194 valence electrons. The second-order valence-corrected chi connectivity index (χ2v) is 9.89. The summed E-state index contributed by atoms with van der Waals surface area (Å²) in [5, 5.41) is 10.7. The minimum absolute atomic E-state index is 0.0271. The van der Waals surface area contributed by atoms with Gasteiger partial charge in [-0.2, -0.15) is 0 Å². The van der Waals surface area contributed by atoms with Crippen LogP contribution in [0.1, 0.15) is 54.2 Å². The molecule has 1 atom stereocenters. The van der Waals surface area contributed by atoms with Crippen molar-refractivity contribution in [1.82, 2.24) is 4.98 Å². The summed E-state index contributed by atoms with van der Waals surface area (Å²) >= 11 is 0.977. The fraction of sp³-hybridized carbons (Fsp3) is 0.214. The van der Waals surface area contributed by atoms with Gasteiger partial charge in [0.1, 0.15) is 17.1 Å². The summed E-state index contributed by atoms with van der Waals surface area (Å²) in [4.78, 5) is 46.4. The van der Waals surface area contributed by atoms with E-state index in [0.717, 1.165) is 22.5 Å². The number of phenols is 1. The van der Waals surface area contributed by atoms with E-state index in [4.69, 9.17) is 13.9 Å². The van der Waals surface area contributed by atoms with Crippen molar-refractivity contribution in [2.75, 3.05) is 18.6 Å². The topological polar surface area (TPSA) is 119 Å². The van der Waals surface area contributed by atoms with Crippen LogP contribution in [-0.4, -0.2) is 35.7 Å². The standard InChI is InChI=1S/C28H24N2O7S/c1-6-9-36-27(34)25-15(4)29-28(38-25)30-22(16-7-8-18(31)20(12-16)35-5)21-23(32)17-10-13(2)14(3)11-19(17)37-24(21)26(30)33/h6-8,10-12,22,31H,1,9H2,2-5H3. The van der Waals surface area contributed by atoms with Gasteiger partial charge in [-0.25, -0.2) is 9.78 Å². The third-order valence-electron chi connectivity index (χ3n) is 6.52. The normalized spacial score (nSPS) is 14.6. The monoisotopic (exact) mass is 532 g/mol. The molecular weight excluding hydrogens is 508 g/mol. The molecule has 1 aliphatic rings. The molecule has 0 bridgehead atoms. The Bertz CT molecular complexity index is 1700. The number of amides is 1. The van der Waals surface area contributed by atoms with Crippen LogP contribution in [-0.2, 0) is 4.74 Å². The summed E-state index contributed by atoms with van der Waals surface area (Å²) in [6.07, 6.45) is 1.45. The maximum atomic E-state index is 13.9. The van der Waals surface area contributed by atoms with Crippen molar-refractivity contribution >= 4 is 39.3 Å². The number of nitrogens with zero attached hydrogens (tertiary/aromatic N) is 2. The molecule has 0 fully saturated rings. The van der Waals surface area contributed by atoms with Crippen LogP contribution in [0, 0.1) is 20.8 Å². The lowest BCUT2D eigenvalue weighted by atomic mass is 9.97. The molecule has 9 nitrogen and oxygen atoms in total. The Morgan fingerprint density at radius 1 is 1.21 bits per heavy atom. The maximum absolute atomic E-state index is 13.9. The number of carbonyl (C=O) groups excluding carboxylic acids is 2. The summed E-state index contributed by atoms with van der Waals surface area (Å²) in [6, 6.07) is 7.12. The van der Waals surface area contributed by atoms with Crippen molar-refractivity contribution in [3.05, 3.63) is 91.8 Å². The number of benzene rings is 2. The number of carbonyl (C=O) groups is 2. The van der Waals surface area contributed by atoms with Gasteiger partial charge in [-0.1, -0.05) is 30.1 Å². The van der Waals surface area contributed by atoms with Crippen molar-refractivity contribution in [2.24, 2.45) is 0 Å². The number of aryl methyl sites for hydroxylation is 3. The van der Waals surface area contributed by atoms with Gasteiger partial charge in [0.2, 0.25) is 5.76 Å². The fourth-order valence-electron chi connectivity index (χ4n) is 4.48. The molecule has 0 aliphatic carbocycles. The van der Waals surface area contributed by atoms with Crippen molar-refractivity contribution in [2.45, 2.75) is 26.8 Å². The van der Waals surface area contributed by atoms with E-state index in [2.05, 4.69) is 11.6 Å². The molecule has 0 radical (unpaired) electrons. The van der Waals surface area contributed by atoms with Gasteiger partial charge in [0.05, 0.1) is 29.8 Å². The lowest BCUT2D eigenvalue weighted by Crippen LogP contribution is -2.29. The van der Waals surface area contributed by atoms with Crippen LogP contribution in [0.25, 0.3) is 11.0 Å². The molecule has 4 aromatic rings. The summed E-state index contributed by atoms with van der Waals surface area (Å²) in [7, 11) is 1.41. The van der Waals surface area contributed by atoms with Gasteiger partial charge in [-0.15, -0.1) is 0 Å². The second kappa shape index (κ2) is 9.46. The molecule has 1 N–H and O–H groups in total. The van der Waals surface area contributed by atoms with Gasteiger partial charge in [-0.3, -0.25) is 14.5 Å². The number of rotatable bonds is 6. The zero-order valence-electron chi connectivity index (χ0n) is 21.2. The summed E-state index contributed by atoms with van der Waals surface area (Å²) in [5.41, 5.74) is 2.79. The lowest BCUT2D eigenvalue weighted by molar-refractivity contribution is 0.0554. The minimum atomic E-state index is -0.947. The highest BCUT2D eigenvalue weighted by Crippen LogP contribution is 2.44. The van der Waals surface area contributed by atoms with Crippen molar-refractivity contribution in [3.8, 4) is 11.5 Å². The van der Waals surface area contributed by atoms with E-state index in [9.17, 15) is 19.5 Å². The number of hydrogen-bond donors (Lipinski definition) is 1. The lowest BCUT2D eigenvalue weighted by Gasteiger charge is -2.23. The van der Waals surface area contributed by atoms with E-state index < -0.39 is 17.9 Å². The molecule has 3 heterocycles. The molecule has 0 saturated heterocycles. The number of ether oxygens (including phenoxy) is 2. The Kier molecular flexibility index (Phi) is 6.28. The van der Waals surface area contributed by atoms with Gasteiger partial charge in [0.25, 0.3) is 5.91 Å². The van der Waals surface area contributed by atoms with Crippen molar-refractivity contribution in [1.29, 1.82) is 0 Å². The largest absolute Gasteiger partial charge is 0.504 e. The van der Waals surface area contributed by atoms with Crippen molar-refractivity contribution < 1.29 is 28.6 Å². The predicted molar refractivity (Wildman–Crippen MR) is 143 cm³/mol. The maximum Gasteiger partial charge on any atom is 0.350 e.